The number of benzene rings is 1. The van der Waals surface area contributed by atoms with E-state index in [1.165, 1.54) is 7.05 Å². The van der Waals surface area contributed by atoms with Crippen LogP contribution in [0.15, 0.2) is 30.3 Å². The van der Waals surface area contributed by atoms with E-state index in [2.05, 4.69) is 16.6 Å². The molecule has 0 fully saturated rings. The summed E-state index contributed by atoms with van der Waals surface area (Å²) in [6, 6.07) is 8.11. The van der Waals surface area contributed by atoms with E-state index in [4.69, 9.17) is 6.42 Å². The summed E-state index contributed by atoms with van der Waals surface area (Å²) in [4.78, 5) is 23.1. The Labute approximate surface area is 106 Å². The van der Waals surface area contributed by atoms with Crippen molar-refractivity contribution in [1.82, 2.24) is 10.6 Å². The molecule has 5 heteroatoms. The molecule has 0 aliphatic carbocycles. The molecule has 5 nitrogen and oxygen atoms in total. The zero-order valence-corrected chi connectivity index (χ0v) is 10.1. The Bertz CT molecular complexity index is 451. The van der Waals surface area contributed by atoms with Crippen molar-refractivity contribution >= 4 is 11.9 Å². The van der Waals surface area contributed by atoms with Gasteiger partial charge in [-0.25, -0.2) is 4.79 Å². The van der Waals surface area contributed by atoms with Crippen LogP contribution in [0, 0.1) is 12.3 Å². The topological polar surface area (TPSA) is 74.8 Å². The minimum absolute atomic E-state index is 0.362. The zero-order chi connectivity index (χ0) is 13.4. The van der Waals surface area contributed by atoms with E-state index in [9.17, 15) is 9.59 Å². The number of nitrogens with two attached hydrogens (primary N) is 1. The molecule has 0 aliphatic rings. The maximum atomic E-state index is 11.9. The van der Waals surface area contributed by atoms with Gasteiger partial charge in [-0.2, -0.15) is 0 Å². The number of quaternary nitrogens is 1. The van der Waals surface area contributed by atoms with Gasteiger partial charge in [0.2, 0.25) is 0 Å². The van der Waals surface area contributed by atoms with Crippen molar-refractivity contribution in [2.24, 2.45) is 0 Å². The fourth-order valence-electron chi connectivity index (χ4n) is 1.49. The number of rotatable bonds is 4. The van der Waals surface area contributed by atoms with Gasteiger partial charge in [-0.1, -0.05) is 30.3 Å². The molecule has 18 heavy (non-hydrogen) atoms. The molecule has 1 aromatic rings. The van der Waals surface area contributed by atoms with Gasteiger partial charge in [0.25, 0.3) is 5.91 Å². The first-order chi connectivity index (χ1) is 8.69. The van der Waals surface area contributed by atoms with Gasteiger partial charge in [-0.15, -0.1) is 6.42 Å². The van der Waals surface area contributed by atoms with Crippen LogP contribution in [0.25, 0.3) is 0 Å². The smallest absolute Gasteiger partial charge is 0.321 e. The normalized spacial score (nSPS) is 11.1. The SMILES string of the molecule is C#CC[NH2+][C@@H](C(=O)NC(=O)NC)c1ccccc1. The predicted molar refractivity (Wildman–Crippen MR) is 67.4 cm³/mol. The Kier molecular flexibility index (Phi) is 5.42. The lowest BCUT2D eigenvalue weighted by Crippen LogP contribution is -2.87. The second-order valence-corrected chi connectivity index (χ2v) is 3.60. The van der Waals surface area contributed by atoms with Gasteiger partial charge in [0.15, 0.2) is 6.04 Å². The minimum atomic E-state index is -0.532. The van der Waals surface area contributed by atoms with Crippen molar-refractivity contribution in [2.45, 2.75) is 6.04 Å². The summed E-state index contributed by atoms with van der Waals surface area (Å²) in [5.41, 5.74) is 0.800. The lowest BCUT2D eigenvalue weighted by atomic mass is 10.1. The molecule has 1 rings (SSSR count). The third kappa shape index (κ3) is 3.92. The number of carbonyl (C=O) groups is 2. The first kappa shape index (κ1) is 13.7. The summed E-state index contributed by atoms with van der Waals surface area (Å²) >= 11 is 0. The van der Waals surface area contributed by atoms with Gasteiger partial charge in [-0.3, -0.25) is 10.1 Å². The van der Waals surface area contributed by atoms with E-state index in [1.54, 1.807) is 5.32 Å². The van der Waals surface area contributed by atoms with Crippen molar-refractivity contribution in [2.75, 3.05) is 13.6 Å². The van der Waals surface area contributed by atoms with E-state index in [0.717, 1.165) is 5.56 Å². The zero-order valence-electron chi connectivity index (χ0n) is 10.1. The van der Waals surface area contributed by atoms with Crippen LogP contribution in [0.1, 0.15) is 11.6 Å². The fourth-order valence-corrected chi connectivity index (χ4v) is 1.49. The highest BCUT2D eigenvalue weighted by Crippen LogP contribution is 2.07. The Morgan fingerprint density at radius 3 is 2.61 bits per heavy atom. The van der Waals surface area contributed by atoms with E-state index >= 15 is 0 Å². The van der Waals surface area contributed by atoms with E-state index in [0.29, 0.717) is 6.54 Å². The molecular formula is C13H16N3O2+. The second kappa shape index (κ2) is 7.09. The van der Waals surface area contributed by atoms with E-state index in [1.807, 2.05) is 30.3 Å². The molecule has 0 unspecified atom stereocenters. The first-order valence-electron chi connectivity index (χ1n) is 5.53. The van der Waals surface area contributed by atoms with Crippen LogP contribution in [0.4, 0.5) is 4.79 Å². The van der Waals surface area contributed by atoms with Crippen LogP contribution in [-0.4, -0.2) is 25.5 Å². The molecule has 94 valence electrons. The summed E-state index contributed by atoms with van der Waals surface area (Å²) in [5, 5.41) is 6.28. The highest BCUT2D eigenvalue weighted by molar-refractivity contribution is 5.96. The van der Waals surface area contributed by atoms with Crippen LogP contribution in [0.2, 0.25) is 0 Å². The number of terminal acetylenes is 1. The third-order valence-electron chi connectivity index (χ3n) is 2.38. The summed E-state index contributed by atoms with van der Waals surface area (Å²) < 4.78 is 0. The highest BCUT2D eigenvalue weighted by Gasteiger charge is 2.24. The second-order valence-electron chi connectivity index (χ2n) is 3.60. The van der Waals surface area contributed by atoms with Crippen molar-refractivity contribution in [3.05, 3.63) is 35.9 Å². The number of hydrogen-bond donors (Lipinski definition) is 3. The summed E-state index contributed by atoms with van der Waals surface area (Å²) in [5.74, 6) is 2.06. The highest BCUT2D eigenvalue weighted by atomic mass is 16.2. The Balaban J connectivity index is 2.82. The van der Waals surface area contributed by atoms with Crippen LogP contribution >= 0.6 is 0 Å². The molecule has 0 saturated heterocycles. The van der Waals surface area contributed by atoms with Crippen LogP contribution in [-0.2, 0) is 4.79 Å². The number of urea groups is 1. The Morgan fingerprint density at radius 2 is 2.06 bits per heavy atom. The van der Waals surface area contributed by atoms with Crippen LogP contribution < -0.4 is 16.0 Å². The van der Waals surface area contributed by atoms with Crippen LogP contribution in [0.5, 0.6) is 0 Å². The lowest BCUT2D eigenvalue weighted by molar-refractivity contribution is -0.672. The Morgan fingerprint density at radius 1 is 1.39 bits per heavy atom. The van der Waals surface area contributed by atoms with Crippen LogP contribution in [0.3, 0.4) is 0 Å². The molecule has 0 heterocycles. The maximum absolute atomic E-state index is 11.9. The maximum Gasteiger partial charge on any atom is 0.321 e. The van der Waals surface area contributed by atoms with Crippen molar-refractivity contribution in [3.8, 4) is 12.3 Å². The van der Waals surface area contributed by atoms with Gasteiger partial charge in [-0.05, 0) is 5.92 Å². The number of hydrogen-bond acceptors (Lipinski definition) is 2. The van der Waals surface area contributed by atoms with Crippen molar-refractivity contribution in [3.63, 3.8) is 0 Å². The molecule has 1 aromatic carbocycles. The van der Waals surface area contributed by atoms with Crippen molar-refractivity contribution < 1.29 is 14.9 Å². The summed E-state index contributed by atoms with van der Waals surface area (Å²) in [6.45, 7) is 0.362. The van der Waals surface area contributed by atoms with E-state index < -0.39 is 18.0 Å². The average Bonchev–Trinajstić information content (AvgIpc) is 2.40. The summed E-state index contributed by atoms with van der Waals surface area (Å²) in [7, 11) is 1.45. The molecule has 1 atom stereocenters. The molecular weight excluding hydrogens is 230 g/mol. The number of nitrogens with one attached hydrogen (secondary N) is 2. The molecule has 3 amide bonds. The molecule has 0 radical (unpaired) electrons. The van der Waals surface area contributed by atoms with E-state index in [-0.39, 0.29) is 0 Å². The predicted octanol–water partition coefficient (Wildman–Crippen LogP) is -0.620. The lowest BCUT2D eigenvalue weighted by Gasteiger charge is -2.13. The molecule has 0 spiro atoms. The number of carbonyl (C=O) groups excluding carboxylic acids is 2. The first-order valence-corrected chi connectivity index (χ1v) is 5.53. The molecule has 0 aromatic heterocycles. The van der Waals surface area contributed by atoms with Crippen molar-refractivity contribution in [1.29, 1.82) is 0 Å². The Hall–Kier alpha value is -2.32. The number of imide groups is 1. The number of amides is 3. The van der Waals surface area contributed by atoms with Gasteiger partial charge < -0.3 is 10.6 Å². The summed E-state index contributed by atoms with van der Waals surface area (Å²) in [6.07, 6.45) is 5.19. The monoisotopic (exact) mass is 246 g/mol. The van der Waals surface area contributed by atoms with Gasteiger partial charge >= 0.3 is 6.03 Å². The molecule has 4 N–H and O–H groups in total. The molecule has 0 aliphatic heterocycles. The minimum Gasteiger partial charge on any atom is -0.341 e. The quantitative estimate of drug-likeness (QED) is 0.619. The standard InChI is InChI=1S/C13H15N3O2/c1-3-9-15-11(10-7-5-4-6-8-10)12(17)16-13(18)14-2/h1,4-8,11,15H,9H2,2H3,(H2,14,16,17,18)/p+1/t11-/m1/s1. The van der Waals surface area contributed by atoms with Gasteiger partial charge in [0.1, 0.15) is 6.54 Å². The molecule has 0 bridgehead atoms. The largest absolute Gasteiger partial charge is 0.341 e. The third-order valence-corrected chi connectivity index (χ3v) is 2.38. The van der Waals surface area contributed by atoms with Gasteiger partial charge in [0, 0.05) is 12.6 Å². The molecule has 0 saturated carbocycles. The average molecular weight is 246 g/mol. The van der Waals surface area contributed by atoms with Gasteiger partial charge in [0.05, 0.1) is 0 Å². The fraction of sp³-hybridized carbons (Fsp3) is 0.231.